The van der Waals surface area contributed by atoms with Crippen LogP contribution in [0.3, 0.4) is 0 Å². The first-order valence-electron chi connectivity index (χ1n) is 5.41. The molecule has 3 N–H and O–H groups in total. The van der Waals surface area contributed by atoms with E-state index in [1.54, 1.807) is 12.1 Å². The Morgan fingerprint density at radius 3 is 2.56 bits per heavy atom. The summed E-state index contributed by atoms with van der Waals surface area (Å²) in [6.07, 6.45) is 0.611. The Bertz CT molecular complexity index is 389. The molecule has 1 amide bonds. The van der Waals surface area contributed by atoms with Crippen LogP contribution in [0.4, 0.5) is 0 Å². The van der Waals surface area contributed by atoms with Gasteiger partial charge in [-0.3, -0.25) is 9.69 Å². The lowest BCUT2D eigenvalue weighted by molar-refractivity contribution is -0.121. The van der Waals surface area contributed by atoms with E-state index in [0.29, 0.717) is 12.5 Å². The minimum absolute atomic E-state index is 0.223. The Morgan fingerprint density at radius 1 is 1.56 bits per heavy atom. The number of aromatic hydroxyl groups is 1. The molecule has 0 bridgehead atoms. The molecule has 1 aliphatic rings. The summed E-state index contributed by atoms with van der Waals surface area (Å²) in [4.78, 5) is 13.4. The van der Waals surface area contributed by atoms with Crippen LogP contribution >= 0.6 is 0 Å². The molecule has 0 aliphatic carbocycles. The Balaban J connectivity index is 2.06. The third kappa shape index (κ3) is 2.33. The summed E-state index contributed by atoms with van der Waals surface area (Å²) >= 11 is 0. The van der Waals surface area contributed by atoms with Gasteiger partial charge in [-0.05, 0) is 31.0 Å². The van der Waals surface area contributed by atoms with Gasteiger partial charge in [0.25, 0.3) is 0 Å². The van der Waals surface area contributed by atoms with E-state index >= 15 is 0 Å². The van der Waals surface area contributed by atoms with Gasteiger partial charge in [-0.1, -0.05) is 12.1 Å². The highest BCUT2D eigenvalue weighted by atomic mass is 16.3. The van der Waals surface area contributed by atoms with Crippen LogP contribution in [0.25, 0.3) is 0 Å². The molecule has 1 saturated heterocycles. The Kier molecular flexibility index (Phi) is 2.83. The summed E-state index contributed by atoms with van der Waals surface area (Å²) in [7, 11) is 0. The predicted molar refractivity (Wildman–Crippen MR) is 61.0 cm³/mol. The summed E-state index contributed by atoms with van der Waals surface area (Å²) in [5.74, 6) is -0.0445. The van der Waals surface area contributed by atoms with E-state index in [9.17, 15) is 4.79 Å². The Morgan fingerprint density at radius 2 is 2.12 bits per heavy atom. The van der Waals surface area contributed by atoms with Crippen molar-refractivity contribution in [3.63, 3.8) is 0 Å². The lowest BCUT2D eigenvalue weighted by atomic mass is 10.1. The van der Waals surface area contributed by atoms with Crippen molar-refractivity contribution in [2.45, 2.75) is 25.4 Å². The van der Waals surface area contributed by atoms with Crippen LogP contribution in [0, 0.1) is 0 Å². The van der Waals surface area contributed by atoms with E-state index < -0.39 is 0 Å². The van der Waals surface area contributed by atoms with Gasteiger partial charge in [-0.25, -0.2) is 0 Å². The molecule has 4 heteroatoms. The fourth-order valence-electron chi connectivity index (χ4n) is 1.93. The number of primary amides is 1. The summed E-state index contributed by atoms with van der Waals surface area (Å²) < 4.78 is 0. The van der Waals surface area contributed by atoms with Gasteiger partial charge in [0, 0.05) is 12.6 Å². The van der Waals surface area contributed by atoms with Crippen molar-refractivity contribution in [1.82, 2.24) is 4.90 Å². The molecule has 1 aliphatic heterocycles. The van der Waals surface area contributed by atoms with Crippen molar-refractivity contribution in [3.05, 3.63) is 29.8 Å². The monoisotopic (exact) mass is 220 g/mol. The van der Waals surface area contributed by atoms with Crippen molar-refractivity contribution in [1.29, 1.82) is 0 Å². The standard InChI is InChI=1S/C12H16N2O2/c1-8-7-14(8)11(12(13)16)6-9-2-4-10(15)5-3-9/h2-5,8,11,15H,6-7H2,1H3,(H2,13,16). The molecule has 4 nitrogen and oxygen atoms in total. The van der Waals surface area contributed by atoms with E-state index in [1.165, 1.54) is 0 Å². The number of phenols is 1. The van der Waals surface area contributed by atoms with Gasteiger partial charge in [0.15, 0.2) is 0 Å². The molecule has 16 heavy (non-hydrogen) atoms. The summed E-state index contributed by atoms with van der Waals surface area (Å²) in [6, 6.07) is 7.12. The average molecular weight is 220 g/mol. The molecule has 3 atom stereocenters. The first-order chi connectivity index (χ1) is 7.58. The van der Waals surface area contributed by atoms with Crippen molar-refractivity contribution in [2.75, 3.05) is 6.54 Å². The Hall–Kier alpha value is -1.55. The van der Waals surface area contributed by atoms with Crippen LogP contribution in [0.5, 0.6) is 5.75 Å². The quantitative estimate of drug-likeness (QED) is 0.726. The van der Waals surface area contributed by atoms with Gasteiger partial charge in [-0.2, -0.15) is 0 Å². The molecule has 1 fully saturated rings. The summed E-state index contributed by atoms with van der Waals surface area (Å²) in [5.41, 5.74) is 6.40. The second-order valence-electron chi connectivity index (χ2n) is 4.33. The molecule has 86 valence electrons. The zero-order valence-electron chi connectivity index (χ0n) is 9.26. The lowest BCUT2D eigenvalue weighted by Gasteiger charge is -2.15. The number of carbonyl (C=O) groups excluding carboxylic acids is 1. The molecule has 0 radical (unpaired) electrons. The highest BCUT2D eigenvalue weighted by Crippen LogP contribution is 2.23. The Labute approximate surface area is 94.7 Å². The van der Waals surface area contributed by atoms with Gasteiger partial charge in [-0.15, -0.1) is 0 Å². The third-order valence-electron chi connectivity index (χ3n) is 3.00. The number of hydrogen-bond acceptors (Lipinski definition) is 3. The average Bonchev–Trinajstić information content (AvgIpc) is 2.94. The van der Waals surface area contributed by atoms with Crippen molar-refractivity contribution < 1.29 is 9.90 Å². The van der Waals surface area contributed by atoms with Crippen LogP contribution in [0.1, 0.15) is 12.5 Å². The number of amides is 1. The first kappa shape index (κ1) is 11.0. The van der Waals surface area contributed by atoms with E-state index in [2.05, 4.69) is 11.8 Å². The van der Waals surface area contributed by atoms with E-state index in [-0.39, 0.29) is 17.7 Å². The largest absolute Gasteiger partial charge is 0.508 e. The molecule has 3 unspecified atom stereocenters. The van der Waals surface area contributed by atoms with Crippen molar-refractivity contribution in [2.24, 2.45) is 5.73 Å². The minimum atomic E-state index is -0.280. The normalized spacial score (nSPS) is 25.1. The maximum Gasteiger partial charge on any atom is 0.235 e. The molecule has 0 aromatic heterocycles. The van der Waals surface area contributed by atoms with Gasteiger partial charge >= 0.3 is 0 Å². The maximum absolute atomic E-state index is 11.3. The SMILES string of the molecule is CC1CN1C(Cc1ccc(O)cc1)C(N)=O. The fraction of sp³-hybridized carbons (Fsp3) is 0.417. The number of nitrogens with zero attached hydrogens (tertiary/aromatic N) is 1. The molecule has 1 aromatic rings. The topological polar surface area (TPSA) is 66.3 Å². The van der Waals surface area contributed by atoms with Gasteiger partial charge < -0.3 is 10.8 Å². The summed E-state index contributed by atoms with van der Waals surface area (Å²) in [5, 5.41) is 9.16. The number of benzene rings is 1. The third-order valence-corrected chi connectivity index (χ3v) is 3.00. The molecule has 0 saturated carbocycles. The highest BCUT2D eigenvalue weighted by molar-refractivity contribution is 5.80. The van der Waals surface area contributed by atoms with Gasteiger partial charge in [0.1, 0.15) is 5.75 Å². The lowest BCUT2D eigenvalue weighted by Crippen LogP contribution is -2.37. The highest BCUT2D eigenvalue weighted by Gasteiger charge is 2.38. The second kappa shape index (κ2) is 4.14. The van der Waals surface area contributed by atoms with E-state index in [1.807, 2.05) is 12.1 Å². The van der Waals surface area contributed by atoms with Crippen LogP contribution in [0.2, 0.25) is 0 Å². The zero-order valence-corrected chi connectivity index (χ0v) is 9.26. The van der Waals surface area contributed by atoms with Gasteiger partial charge in [0.05, 0.1) is 6.04 Å². The maximum atomic E-state index is 11.3. The number of carbonyl (C=O) groups is 1. The van der Waals surface area contributed by atoms with Gasteiger partial charge in [0.2, 0.25) is 5.91 Å². The minimum Gasteiger partial charge on any atom is -0.508 e. The second-order valence-corrected chi connectivity index (χ2v) is 4.33. The molecule has 1 aromatic carbocycles. The molecular formula is C12H16N2O2. The number of hydrogen-bond donors (Lipinski definition) is 2. The summed E-state index contributed by atoms with van der Waals surface area (Å²) in [6.45, 7) is 3.01. The van der Waals surface area contributed by atoms with E-state index in [0.717, 1.165) is 12.1 Å². The van der Waals surface area contributed by atoms with Crippen LogP contribution in [0.15, 0.2) is 24.3 Å². The first-order valence-corrected chi connectivity index (χ1v) is 5.41. The van der Waals surface area contributed by atoms with Crippen molar-refractivity contribution in [3.8, 4) is 5.75 Å². The molecule has 2 rings (SSSR count). The predicted octanol–water partition coefficient (Wildman–Crippen LogP) is 0.493. The number of rotatable bonds is 4. The zero-order chi connectivity index (χ0) is 11.7. The number of nitrogens with two attached hydrogens (primary N) is 1. The van der Waals surface area contributed by atoms with Crippen LogP contribution in [-0.4, -0.2) is 34.5 Å². The van der Waals surface area contributed by atoms with Crippen LogP contribution < -0.4 is 5.73 Å². The number of phenolic OH excluding ortho intramolecular Hbond substituents is 1. The smallest absolute Gasteiger partial charge is 0.235 e. The fourth-order valence-corrected chi connectivity index (χ4v) is 1.93. The molecule has 0 spiro atoms. The van der Waals surface area contributed by atoms with Crippen LogP contribution in [-0.2, 0) is 11.2 Å². The molecule has 1 heterocycles. The van der Waals surface area contributed by atoms with E-state index in [4.69, 9.17) is 10.8 Å². The van der Waals surface area contributed by atoms with Crippen molar-refractivity contribution >= 4 is 5.91 Å². The molecular weight excluding hydrogens is 204 g/mol.